The second kappa shape index (κ2) is 8.28. The fourth-order valence-corrected chi connectivity index (χ4v) is 4.55. The van der Waals surface area contributed by atoms with E-state index >= 15 is 0 Å². The van der Waals surface area contributed by atoms with Crippen molar-refractivity contribution in [3.63, 3.8) is 0 Å². The third-order valence-corrected chi connectivity index (χ3v) is 6.17. The molecule has 0 atom stereocenters. The Hall–Kier alpha value is -2.45. The van der Waals surface area contributed by atoms with E-state index in [1.807, 2.05) is 34.2 Å². The third kappa shape index (κ3) is 4.02. The van der Waals surface area contributed by atoms with Gasteiger partial charge in [-0.3, -0.25) is 14.5 Å². The van der Waals surface area contributed by atoms with Gasteiger partial charge in [0.25, 0.3) is 0 Å². The molecule has 3 aromatic rings. The van der Waals surface area contributed by atoms with Crippen LogP contribution in [0.1, 0.15) is 24.8 Å². The number of amides is 1. The molecule has 2 N–H and O–H groups in total. The number of nitrogens with one attached hydrogen (secondary N) is 2. The summed E-state index contributed by atoms with van der Waals surface area (Å²) in [4.78, 5) is 15.9. The van der Waals surface area contributed by atoms with Crippen LogP contribution in [-0.4, -0.2) is 33.8 Å². The molecule has 4 rings (SSSR count). The summed E-state index contributed by atoms with van der Waals surface area (Å²) >= 11 is 6.93. The van der Waals surface area contributed by atoms with E-state index in [9.17, 15) is 4.79 Å². The minimum absolute atomic E-state index is 0.0337. The van der Waals surface area contributed by atoms with Crippen LogP contribution >= 0.6 is 23.6 Å². The molecular formula is C20H23N5OS2. The van der Waals surface area contributed by atoms with E-state index in [1.54, 1.807) is 11.3 Å². The van der Waals surface area contributed by atoms with Gasteiger partial charge in [0.05, 0.1) is 4.88 Å². The second-order valence-corrected chi connectivity index (χ2v) is 8.31. The Morgan fingerprint density at radius 2 is 2.14 bits per heavy atom. The minimum atomic E-state index is -0.0337. The molecule has 1 amide bonds. The normalized spacial score (nSPS) is 13.8. The van der Waals surface area contributed by atoms with Gasteiger partial charge in [0.2, 0.25) is 5.91 Å². The van der Waals surface area contributed by atoms with Crippen molar-refractivity contribution in [2.24, 2.45) is 0 Å². The zero-order valence-electron chi connectivity index (χ0n) is 15.8. The van der Waals surface area contributed by atoms with Crippen LogP contribution in [0.2, 0.25) is 0 Å². The number of carbonyl (C=O) groups excluding carboxylic acids is 1. The summed E-state index contributed by atoms with van der Waals surface area (Å²) < 4.78 is 2.41. The van der Waals surface area contributed by atoms with Crippen molar-refractivity contribution in [2.45, 2.75) is 32.7 Å². The first-order valence-electron chi connectivity index (χ1n) is 9.46. The average Bonchev–Trinajstić information content (AvgIpc) is 3.42. The smallest absolute Gasteiger partial charge is 0.226 e. The Morgan fingerprint density at radius 1 is 1.32 bits per heavy atom. The highest BCUT2D eigenvalue weighted by molar-refractivity contribution is 7.71. The van der Waals surface area contributed by atoms with Crippen molar-refractivity contribution >= 4 is 40.8 Å². The van der Waals surface area contributed by atoms with Crippen LogP contribution in [-0.2, 0) is 11.3 Å². The molecule has 1 aliphatic heterocycles. The fourth-order valence-electron chi connectivity index (χ4n) is 3.60. The summed E-state index contributed by atoms with van der Waals surface area (Å²) in [5.41, 5.74) is 3.29. The number of aromatic amines is 1. The third-order valence-electron chi connectivity index (χ3n) is 4.99. The maximum Gasteiger partial charge on any atom is 0.226 e. The number of rotatable bonds is 6. The summed E-state index contributed by atoms with van der Waals surface area (Å²) in [6.45, 7) is 4.82. The SMILES string of the molecule is Cc1cc(NC(=O)CCn2c(-c3cccs3)n[nH]c2=S)ccc1N1CCCC1. The van der Waals surface area contributed by atoms with Gasteiger partial charge in [-0.1, -0.05) is 6.07 Å². The molecule has 28 heavy (non-hydrogen) atoms. The fraction of sp³-hybridized carbons (Fsp3) is 0.350. The average molecular weight is 414 g/mol. The predicted molar refractivity (Wildman–Crippen MR) is 117 cm³/mol. The first kappa shape index (κ1) is 18.9. The zero-order valence-corrected chi connectivity index (χ0v) is 17.4. The lowest BCUT2D eigenvalue weighted by Crippen LogP contribution is -2.19. The van der Waals surface area contributed by atoms with Gasteiger partial charge in [-0.25, -0.2) is 0 Å². The first-order valence-corrected chi connectivity index (χ1v) is 10.7. The van der Waals surface area contributed by atoms with Crippen LogP contribution in [0, 0.1) is 11.7 Å². The number of hydrogen-bond acceptors (Lipinski definition) is 5. The molecule has 1 saturated heterocycles. The van der Waals surface area contributed by atoms with E-state index in [0.29, 0.717) is 17.7 Å². The molecule has 0 radical (unpaired) electrons. The summed E-state index contributed by atoms with van der Waals surface area (Å²) in [5.74, 6) is 0.743. The molecule has 1 aliphatic rings. The minimum Gasteiger partial charge on any atom is -0.371 e. The number of aromatic nitrogens is 3. The number of thiophene rings is 1. The van der Waals surface area contributed by atoms with Crippen molar-refractivity contribution in [2.75, 3.05) is 23.3 Å². The standard InChI is InChI=1S/C20H23N5OS2/c1-14-13-15(6-7-16(14)24-9-2-3-10-24)21-18(26)8-11-25-19(22-23-20(25)27)17-5-4-12-28-17/h4-7,12-13H,2-3,8-11H2,1H3,(H,21,26)(H,23,27). The zero-order chi connectivity index (χ0) is 19.5. The van der Waals surface area contributed by atoms with Crippen molar-refractivity contribution < 1.29 is 4.79 Å². The van der Waals surface area contributed by atoms with Crippen molar-refractivity contribution in [3.8, 4) is 10.7 Å². The predicted octanol–water partition coefficient (Wildman–Crippen LogP) is 4.61. The van der Waals surface area contributed by atoms with Gasteiger partial charge in [0.15, 0.2) is 10.6 Å². The number of carbonyl (C=O) groups is 1. The number of benzene rings is 1. The maximum absolute atomic E-state index is 12.5. The summed E-state index contributed by atoms with van der Waals surface area (Å²) in [7, 11) is 0. The Balaban J connectivity index is 1.40. The van der Waals surface area contributed by atoms with E-state index in [2.05, 4.69) is 33.4 Å². The van der Waals surface area contributed by atoms with E-state index in [1.165, 1.54) is 24.1 Å². The topological polar surface area (TPSA) is 66.0 Å². The van der Waals surface area contributed by atoms with Crippen LogP contribution in [0.4, 0.5) is 11.4 Å². The first-order chi connectivity index (χ1) is 13.6. The molecule has 1 aromatic carbocycles. The molecule has 3 heterocycles. The molecular weight excluding hydrogens is 390 g/mol. The Bertz CT molecular complexity index is 1020. The van der Waals surface area contributed by atoms with Crippen LogP contribution < -0.4 is 10.2 Å². The van der Waals surface area contributed by atoms with E-state index < -0.39 is 0 Å². The highest BCUT2D eigenvalue weighted by atomic mass is 32.1. The van der Waals surface area contributed by atoms with E-state index in [-0.39, 0.29) is 5.91 Å². The number of hydrogen-bond donors (Lipinski definition) is 2. The number of anilines is 2. The summed E-state index contributed by atoms with van der Waals surface area (Å²) in [5, 5.41) is 12.1. The van der Waals surface area contributed by atoms with E-state index in [0.717, 1.165) is 29.5 Å². The monoisotopic (exact) mass is 413 g/mol. The molecule has 8 heteroatoms. The Kier molecular flexibility index (Phi) is 5.59. The molecule has 0 saturated carbocycles. The summed E-state index contributed by atoms with van der Waals surface area (Å²) in [6.07, 6.45) is 2.84. The highest BCUT2D eigenvalue weighted by Gasteiger charge is 2.15. The number of aryl methyl sites for hydroxylation is 1. The Labute approximate surface area is 173 Å². The molecule has 1 fully saturated rings. The number of nitrogens with zero attached hydrogens (tertiary/aromatic N) is 3. The van der Waals surface area contributed by atoms with Gasteiger partial charge in [-0.2, -0.15) is 5.10 Å². The van der Waals surface area contributed by atoms with Gasteiger partial charge in [-0.05, 0) is 67.2 Å². The molecule has 6 nitrogen and oxygen atoms in total. The van der Waals surface area contributed by atoms with Crippen LogP contribution in [0.15, 0.2) is 35.7 Å². The van der Waals surface area contributed by atoms with E-state index in [4.69, 9.17) is 12.2 Å². The lowest BCUT2D eigenvalue weighted by atomic mass is 10.1. The van der Waals surface area contributed by atoms with Crippen LogP contribution in [0.25, 0.3) is 10.7 Å². The largest absolute Gasteiger partial charge is 0.371 e. The summed E-state index contributed by atoms with van der Waals surface area (Å²) in [6, 6.07) is 10.1. The lowest BCUT2D eigenvalue weighted by molar-refractivity contribution is -0.116. The molecule has 146 valence electrons. The van der Waals surface area contributed by atoms with Gasteiger partial charge in [0.1, 0.15) is 0 Å². The lowest BCUT2D eigenvalue weighted by Gasteiger charge is -2.20. The quantitative estimate of drug-likeness (QED) is 0.579. The molecule has 0 unspecified atom stereocenters. The van der Waals surface area contributed by atoms with Gasteiger partial charge >= 0.3 is 0 Å². The van der Waals surface area contributed by atoms with Crippen molar-refractivity contribution in [3.05, 3.63) is 46.0 Å². The Morgan fingerprint density at radius 3 is 2.86 bits per heavy atom. The van der Waals surface area contributed by atoms with Crippen molar-refractivity contribution in [1.29, 1.82) is 0 Å². The molecule has 2 aromatic heterocycles. The molecule has 0 spiro atoms. The number of H-pyrrole nitrogens is 1. The van der Waals surface area contributed by atoms with Crippen LogP contribution in [0.3, 0.4) is 0 Å². The second-order valence-electron chi connectivity index (χ2n) is 6.97. The van der Waals surface area contributed by atoms with Crippen molar-refractivity contribution in [1.82, 2.24) is 14.8 Å². The van der Waals surface area contributed by atoms with Crippen LogP contribution in [0.5, 0.6) is 0 Å². The molecule has 0 aliphatic carbocycles. The van der Waals surface area contributed by atoms with Gasteiger partial charge in [0, 0.05) is 37.4 Å². The maximum atomic E-state index is 12.5. The molecule has 0 bridgehead atoms. The van der Waals surface area contributed by atoms with Gasteiger partial charge in [-0.15, -0.1) is 11.3 Å². The van der Waals surface area contributed by atoms with Gasteiger partial charge < -0.3 is 10.2 Å². The highest BCUT2D eigenvalue weighted by Crippen LogP contribution is 2.27.